The average Bonchev–Trinajstić information content (AvgIpc) is 2.79. The first-order chi connectivity index (χ1) is 14.4. The highest BCUT2D eigenvalue weighted by molar-refractivity contribution is 5.98. The van der Waals surface area contributed by atoms with Gasteiger partial charge in [0.25, 0.3) is 0 Å². The minimum Gasteiger partial charge on any atom is -0.256 e. The van der Waals surface area contributed by atoms with E-state index in [0.29, 0.717) is 5.95 Å². The highest BCUT2D eigenvalue weighted by Gasteiger charge is 2.09. The largest absolute Gasteiger partial charge is 0.256 e. The van der Waals surface area contributed by atoms with Crippen LogP contribution in [0.1, 0.15) is 5.56 Å². The molecule has 5 aromatic rings. The Kier molecular flexibility index (Phi) is 4.39. The summed E-state index contributed by atoms with van der Waals surface area (Å²) in [5.41, 5.74) is 7.69. The molecule has 2 aromatic heterocycles. The second-order valence-electron chi connectivity index (χ2n) is 6.57. The lowest BCUT2D eigenvalue weighted by molar-refractivity contribution is 1.16. The number of nitrogens with one attached hydrogen (secondary N) is 1. The molecule has 0 unspecified atom stereocenters. The first kappa shape index (κ1) is 17.0. The van der Waals surface area contributed by atoms with Crippen LogP contribution >= 0.6 is 0 Å². The molecule has 0 aliphatic carbocycles. The molecule has 1 N–H and O–H groups in total. The molecular formula is C24H17N5. The second-order valence-corrected chi connectivity index (χ2v) is 6.57. The summed E-state index contributed by atoms with van der Waals surface area (Å²) < 4.78 is 0. The van der Waals surface area contributed by atoms with E-state index < -0.39 is 0 Å². The Bertz CT molecular complexity index is 1320. The van der Waals surface area contributed by atoms with Crippen LogP contribution in [-0.2, 0) is 0 Å². The Hall–Kier alpha value is -4.12. The number of rotatable bonds is 4. The first-order valence-electron chi connectivity index (χ1n) is 9.33. The number of nitrogens with zero attached hydrogens (tertiary/aromatic N) is 4. The van der Waals surface area contributed by atoms with Gasteiger partial charge in [0, 0.05) is 28.1 Å². The number of pyridine rings is 1. The summed E-state index contributed by atoms with van der Waals surface area (Å²) in [7, 11) is 0. The zero-order chi connectivity index (χ0) is 19.5. The Morgan fingerprint density at radius 2 is 1.41 bits per heavy atom. The van der Waals surface area contributed by atoms with Gasteiger partial charge in [-0.05, 0) is 18.2 Å². The summed E-state index contributed by atoms with van der Waals surface area (Å²) >= 11 is 0. The molecule has 0 bridgehead atoms. The lowest BCUT2D eigenvalue weighted by Crippen LogP contribution is -2.00. The molecule has 0 aliphatic heterocycles. The van der Waals surface area contributed by atoms with E-state index in [-0.39, 0.29) is 0 Å². The normalized spacial score (nSPS) is 11.3. The summed E-state index contributed by atoms with van der Waals surface area (Å²) in [5, 5.41) is 6.43. The standard InChI is InChI=1S/C24H17N5/c1-2-8-17(9-3-1)23-20-11-5-7-13-22(20)27-24(28-23)29-26-16-18-14-15-25-21-12-6-4-10-19(18)21/h1-16H,(H,27,28,29)/b26-16+. The van der Waals surface area contributed by atoms with Gasteiger partial charge in [-0.15, -0.1) is 0 Å². The Morgan fingerprint density at radius 1 is 0.690 bits per heavy atom. The number of hydrogen-bond donors (Lipinski definition) is 1. The molecule has 0 radical (unpaired) electrons. The molecular weight excluding hydrogens is 358 g/mol. The highest BCUT2D eigenvalue weighted by atomic mass is 15.3. The molecule has 29 heavy (non-hydrogen) atoms. The number of fused-ring (bicyclic) bond motifs is 2. The molecule has 138 valence electrons. The third-order valence-corrected chi connectivity index (χ3v) is 4.70. The van der Waals surface area contributed by atoms with Crippen LogP contribution in [0.5, 0.6) is 0 Å². The van der Waals surface area contributed by atoms with Crippen LogP contribution in [-0.4, -0.2) is 21.2 Å². The molecule has 5 nitrogen and oxygen atoms in total. The SMILES string of the molecule is C(=N\Nc1nc(-c2ccccc2)c2ccccc2n1)/c1ccnc2ccccc12. The molecule has 5 heteroatoms. The van der Waals surface area contributed by atoms with Gasteiger partial charge >= 0.3 is 0 Å². The van der Waals surface area contributed by atoms with Gasteiger partial charge in [-0.2, -0.15) is 5.10 Å². The van der Waals surface area contributed by atoms with Crippen molar-refractivity contribution >= 4 is 34.0 Å². The van der Waals surface area contributed by atoms with Gasteiger partial charge in [-0.25, -0.2) is 15.4 Å². The number of benzene rings is 3. The summed E-state index contributed by atoms with van der Waals surface area (Å²) in [6, 6.07) is 28.0. The van der Waals surface area contributed by atoms with E-state index in [9.17, 15) is 0 Å². The zero-order valence-corrected chi connectivity index (χ0v) is 15.5. The fraction of sp³-hybridized carbons (Fsp3) is 0. The molecule has 0 aliphatic rings. The van der Waals surface area contributed by atoms with Crippen molar-refractivity contribution in [2.24, 2.45) is 5.10 Å². The Labute approximate surface area is 167 Å². The molecule has 3 aromatic carbocycles. The minimum absolute atomic E-state index is 0.456. The van der Waals surface area contributed by atoms with Crippen LogP contribution in [0.4, 0.5) is 5.95 Å². The summed E-state index contributed by atoms with van der Waals surface area (Å²) in [6.07, 6.45) is 3.55. The Balaban J connectivity index is 1.52. The third kappa shape index (κ3) is 3.41. The van der Waals surface area contributed by atoms with E-state index in [2.05, 4.69) is 20.5 Å². The van der Waals surface area contributed by atoms with Crippen molar-refractivity contribution in [1.82, 2.24) is 15.0 Å². The summed E-state index contributed by atoms with van der Waals surface area (Å²) in [4.78, 5) is 13.7. The van der Waals surface area contributed by atoms with Gasteiger partial charge in [0.2, 0.25) is 5.95 Å². The average molecular weight is 375 g/mol. The topological polar surface area (TPSA) is 63.1 Å². The van der Waals surface area contributed by atoms with Crippen molar-refractivity contribution in [3.63, 3.8) is 0 Å². The highest BCUT2D eigenvalue weighted by Crippen LogP contribution is 2.27. The number of para-hydroxylation sites is 2. The fourth-order valence-corrected chi connectivity index (χ4v) is 3.33. The summed E-state index contributed by atoms with van der Waals surface area (Å²) in [6.45, 7) is 0. The predicted molar refractivity (Wildman–Crippen MR) is 118 cm³/mol. The van der Waals surface area contributed by atoms with Crippen molar-refractivity contribution < 1.29 is 0 Å². The molecule has 0 saturated carbocycles. The van der Waals surface area contributed by atoms with E-state index in [1.54, 1.807) is 12.4 Å². The molecule has 0 fully saturated rings. The van der Waals surface area contributed by atoms with Crippen LogP contribution in [0.2, 0.25) is 0 Å². The predicted octanol–water partition coefficient (Wildman–Crippen LogP) is 5.29. The van der Waals surface area contributed by atoms with Gasteiger partial charge in [-0.3, -0.25) is 4.98 Å². The summed E-state index contributed by atoms with van der Waals surface area (Å²) in [5.74, 6) is 0.456. The molecule has 0 amide bonds. The molecule has 2 heterocycles. The van der Waals surface area contributed by atoms with Crippen LogP contribution < -0.4 is 5.43 Å². The lowest BCUT2D eigenvalue weighted by atomic mass is 10.1. The van der Waals surface area contributed by atoms with Gasteiger partial charge in [0.1, 0.15) is 0 Å². The van der Waals surface area contributed by atoms with Crippen LogP contribution in [0.15, 0.2) is 96.2 Å². The van der Waals surface area contributed by atoms with Crippen molar-refractivity contribution in [3.05, 3.63) is 96.7 Å². The maximum Gasteiger partial charge on any atom is 0.244 e. The second kappa shape index (κ2) is 7.48. The van der Waals surface area contributed by atoms with E-state index >= 15 is 0 Å². The van der Waals surface area contributed by atoms with Crippen molar-refractivity contribution in [2.45, 2.75) is 0 Å². The van der Waals surface area contributed by atoms with E-state index in [0.717, 1.165) is 38.6 Å². The molecule has 0 atom stereocenters. The lowest BCUT2D eigenvalue weighted by Gasteiger charge is -2.08. The van der Waals surface area contributed by atoms with Gasteiger partial charge in [-0.1, -0.05) is 66.7 Å². The smallest absolute Gasteiger partial charge is 0.244 e. The van der Waals surface area contributed by atoms with Crippen LogP contribution in [0.25, 0.3) is 33.1 Å². The maximum atomic E-state index is 4.72. The van der Waals surface area contributed by atoms with E-state index in [1.165, 1.54) is 0 Å². The molecule has 0 spiro atoms. The van der Waals surface area contributed by atoms with E-state index in [1.807, 2.05) is 84.9 Å². The van der Waals surface area contributed by atoms with Gasteiger partial charge in [0.05, 0.1) is 22.9 Å². The first-order valence-corrected chi connectivity index (χ1v) is 9.33. The van der Waals surface area contributed by atoms with Crippen molar-refractivity contribution in [1.29, 1.82) is 0 Å². The monoisotopic (exact) mass is 375 g/mol. The molecule has 5 rings (SSSR count). The van der Waals surface area contributed by atoms with Crippen LogP contribution in [0, 0.1) is 0 Å². The quantitative estimate of drug-likeness (QED) is 0.342. The van der Waals surface area contributed by atoms with Gasteiger partial charge < -0.3 is 0 Å². The maximum absolute atomic E-state index is 4.72. The third-order valence-electron chi connectivity index (χ3n) is 4.70. The van der Waals surface area contributed by atoms with Crippen molar-refractivity contribution in [3.8, 4) is 11.3 Å². The number of hydrazone groups is 1. The zero-order valence-electron chi connectivity index (χ0n) is 15.5. The van der Waals surface area contributed by atoms with Crippen LogP contribution in [0.3, 0.4) is 0 Å². The van der Waals surface area contributed by atoms with Gasteiger partial charge in [0.15, 0.2) is 0 Å². The number of hydrogen-bond acceptors (Lipinski definition) is 5. The fourth-order valence-electron chi connectivity index (χ4n) is 3.33. The Morgan fingerprint density at radius 3 is 2.28 bits per heavy atom. The molecule has 0 saturated heterocycles. The minimum atomic E-state index is 0.456. The number of anilines is 1. The number of aromatic nitrogens is 3. The van der Waals surface area contributed by atoms with Crippen molar-refractivity contribution in [2.75, 3.05) is 5.43 Å². The van der Waals surface area contributed by atoms with E-state index in [4.69, 9.17) is 4.98 Å².